The van der Waals surface area contributed by atoms with Gasteiger partial charge in [0.15, 0.2) is 0 Å². The quantitative estimate of drug-likeness (QED) is 0.658. The highest BCUT2D eigenvalue weighted by Gasteiger charge is 2.14. The second-order valence-electron chi connectivity index (χ2n) is 5.11. The minimum Gasteiger partial charge on any atom is -0.446 e. The van der Waals surface area contributed by atoms with Gasteiger partial charge < -0.3 is 13.8 Å². The first kappa shape index (κ1) is 18.8. The lowest BCUT2D eigenvalue weighted by atomic mass is 10.0. The van der Waals surface area contributed by atoms with Crippen molar-refractivity contribution in [3.8, 4) is 0 Å². The number of hydrogen-bond acceptors (Lipinski definition) is 4. The van der Waals surface area contributed by atoms with E-state index in [-0.39, 0.29) is 13.2 Å². The molecule has 2 aromatic rings. The van der Waals surface area contributed by atoms with Gasteiger partial charge in [-0.25, -0.2) is 8.72 Å². The smallest absolute Gasteiger partial charge is 0.424 e. The Labute approximate surface area is 158 Å². The van der Waals surface area contributed by atoms with Crippen LogP contribution in [-0.2, 0) is 11.2 Å². The van der Waals surface area contributed by atoms with Crippen LogP contribution >= 0.6 is 32.3 Å². The van der Waals surface area contributed by atoms with Gasteiger partial charge in [-0.1, -0.05) is 24.3 Å². The first-order valence-corrected chi connectivity index (χ1v) is 8.74. The Hall–Kier alpha value is -1.57. The molecule has 2 aromatic carbocycles. The number of benzene rings is 2. The van der Waals surface area contributed by atoms with Crippen LogP contribution in [0.3, 0.4) is 0 Å². The van der Waals surface area contributed by atoms with Crippen molar-refractivity contribution in [2.75, 3.05) is 28.1 Å². The summed E-state index contributed by atoms with van der Waals surface area (Å²) in [6.07, 6.45) is 0.246. The Balaban J connectivity index is 2.00. The van der Waals surface area contributed by atoms with Gasteiger partial charge in [-0.3, -0.25) is 0 Å². The van der Waals surface area contributed by atoms with Crippen LogP contribution < -0.4 is 7.85 Å². The number of hydrogen-bond donors (Lipinski definition) is 1. The number of halogens is 2. The molecule has 0 bridgehead atoms. The van der Waals surface area contributed by atoms with E-state index in [2.05, 4.69) is 56.6 Å². The molecule has 0 aliphatic carbocycles. The third kappa shape index (κ3) is 5.22. The topological polar surface area (TPSA) is 53.0 Å². The summed E-state index contributed by atoms with van der Waals surface area (Å²) in [5.41, 5.74) is 4.10. The van der Waals surface area contributed by atoms with Crippen molar-refractivity contribution in [1.29, 1.82) is 0 Å². The van der Waals surface area contributed by atoms with Crippen molar-refractivity contribution in [1.82, 2.24) is 0 Å². The molecule has 0 spiro atoms. The van der Waals surface area contributed by atoms with E-state index < -0.39 is 6.09 Å². The Morgan fingerprint density at radius 3 is 1.96 bits per heavy atom. The normalized spacial score (nSPS) is 10.3. The molecular weight excluding hydrogens is 440 g/mol. The number of ether oxygens (including phenoxy) is 1. The Morgan fingerprint density at radius 2 is 1.50 bits per heavy atom. The molecule has 0 radical (unpaired) electrons. The SMILES string of the molecule is CN(Br)c1ccc(Cc2ccc(N(Br)C(=O)OCCO)cc2)cc1. The second-order valence-corrected chi connectivity index (χ2v) is 6.88. The predicted octanol–water partition coefficient (Wildman–Crippen LogP) is 4.27. The number of carbonyl (C=O) groups is 1. The summed E-state index contributed by atoms with van der Waals surface area (Å²) in [6, 6.07) is 15.9. The van der Waals surface area contributed by atoms with Crippen molar-refractivity contribution >= 4 is 49.8 Å². The zero-order chi connectivity index (χ0) is 17.5. The van der Waals surface area contributed by atoms with E-state index >= 15 is 0 Å². The van der Waals surface area contributed by atoms with Gasteiger partial charge in [0, 0.05) is 28.9 Å². The molecule has 1 amide bonds. The molecule has 7 heteroatoms. The van der Waals surface area contributed by atoms with Gasteiger partial charge in [0.25, 0.3) is 0 Å². The molecule has 128 valence electrons. The molecule has 24 heavy (non-hydrogen) atoms. The van der Waals surface area contributed by atoms with E-state index in [0.717, 1.165) is 17.7 Å². The van der Waals surface area contributed by atoms with Crippen LogP contribution in [0.25, 0.3) is 0 Å². The van der Waals surface area contributed by atoms with Crippen LogP contribution in [0.2, 0.25) is 0 Å². The number of carbonyl (C=O) groups excluding carboxylic acids is 1. The van der Waals surface area contributed by atoms with Crippen LogP contribution in [0.4, 0.5) is 16.2 Å². The van der Waals surface area contributed by atoms with E-state index in [1.54, 1.807) is 0 Å². The van der Waals surface area contributed by atoms with E-state index in [9.17, 15) is 4.79 Å². The minimum atomic E-state index is -0.564. The molecule has 5 nitrogen and oxygen atoms in total. The number of amides is 1. The van der Waals surface area contributed by atoms with Crippen molar-refractivity contribution in [2.45, 2.75) is 6.42 Å². The average molecular weight is 458 g/mol. The number of aliphatic hydroxyl groups excluding tert-OH is 1. The molecule has 0 atom stereocenters. The van der Waals surface area contributed by atoms with Crippen molar-refractivity contribution in [3.63, 3.8) is 0 Å². The maximum Gasteiger partial charge on any atom is 0.424 e. The molecule has 1 N–H and O–H groups in total. The monoisotopic (exact) mass is 456 g/mol. The lowest BCUT2D eigenvalue weighted by molar-refractivity contribution is 0.129. The number of rotatable bonds is 6. The van der Waals surface area contributed by atoms with Crippen LogP contribution in [0, 0.1) is 0 Å². The first-order chi connectivity index (χ1) is 11.5. The molecule has 0 saturated heterocycles. The van der Waals surface area contributed by atoms with Crippen molar-refractivity contribution in [3.05, 3.63) is 59.7 Å². The fourth-order valence-electron chi connectivity index (χ4n) is 2.09. The predicted molar refractivity (Wildman–Crippen MR) is 103 cm³/mol. The maximum atomic E-state index is 11.7. The van der Waals surface area contributed by atoms with Gasteiger partial charge in [-0.05, 0) is 41.8 Å². The largest absolute Gasteiger partial charge is 0.446 e. The number of aliphatic hydroxyl groups is 1. The fourth-order valence-corrected chi connectivity index (χ4v) is 2.67. The molecule has 0 heterocycles. The van der Waals surface area contributed by atoms with E-state index in [1.807, 2.05) is 35.2 Å². The molecule has 0 fully saturated rings. The zero-order valence-corrected chi connectivity index (χ0v) is 16.3. The van der Waals surface area contributed by atoms with Crippen LogP contribution in [0.5, 0.6) is 0 Å². The molecule has 0 saturated carbocycles. The summed E-state index contributed by atoms with van der Waals surface area (Å²) in [5, 5.41) is 8.68. The fraction of sp³-hybridized carbons (Fsp3) is 0.235. The van der Waals surface area contributed by atoms with Gasteiger partial charge in [0.2, 0.25) is 0 Å². The van der Waals surface area contributed by atoms with Gasteiger partial charge in [0.05, 0.1) is 28.4 Å². The Morgan fingerprint density at radius 1 is 1.00 bits per heavy atom. The number of nitrogens with zero attached hydrogens (tertiary/aromatic N) is 2. The van der Waals surface area contributed by atoms with Gasteiger partial charge in [-0.15, -0.1) is 0 Å². The van der Waals surface area contributed by atoms with Crippen molar-refractivity contribution < 1.29 is 14.6 Å². The summed E-state index contributed by atoms with van der Waals surface area (Å²) < 4.78 is 7.96. The van der Waals surface area contributed by atoms with E-state index in [0.29, 0.717) is 5.69 Å². The minimum absolute atomic E-state index is 0.0292. The number of anilines is 2. The third-order valence-electron chi connectivity index (χ3n) is 3.34. The molecule has 0 unspecified atom stereocenters. The van der Waals surface area contributed by atoms with Crippen LogP contribution in [0.15, 0.2) is 48.5 Å². The average Bonchev–Trinajstić information content (AvgIpc) is 2.60. The standard InChI is InChI=1S/C17H18Br2N2O3/c1-20(18)15-6-2-13(3-7-15)12-14-4-8-16(9-5-14)21(19)17(23)24-11-10-22/h2-9,22H,10-12H2,1H3. The molecule has 2 rings (SSSR count). The summed E-state index contributed by atoms with van der Waals surface area (Å²) in [5.74, 6) is 0. The molecular formula is C17H18Br2N2O3. The van der Waals surface area contributed by atoms with Gasteiger partial charge >= 0.3 is 6.09 Å². The van der Waals surface area contributed by atoms with E-state index in [4.69, 9.17) is 9.84 Å². The maximum absolute atomic E-state index is 11.7. The molecule has 0 aromatic heterocycles. The highest BCUT2D eigenvalue weighted by molar-refractivity contribution is 9.10. The van der Waals surface area contributed by atoms with Crippen LogP contribution in [0.1, 0.15) is 11.1 Å². The summed E-state index contributed by atoms with van der Waals surface area (Å²) in [4.78, 5) is 11.7. The van der Waals surface area contributed by atoms with Gasteiger partial charge in [0.1, 0.15) is 6.61 Å². The lowest BCUT2D eigenvalue weighted by Crippen LogP contribution is -2.22. The highest BCUT2D eigenvalue weighted by atomic mass is 79.9. The Kier molecular flexibility index (Phi) is 7.08. The summed E-state index contributed by atoms with van der Waals surface area (Å²) >= 11 is 6.56. The zero-order valence-electron chi connectivity index (χ0n) is 13.2. The molecule has 0 aliphatic rings. The second kappa shape index (κ2) is 9.05. The van der Waals surface area contributed by atoms with Crippen LogP contribution in [-0.4, -0.2) is 31.5 Å². The van der Waals surface area contributed by atoms with Crippen molar-refractivity contribution in [2.24, 2.45) is 0 Å². The summed E-state index contributed by atoms with van der Waals surface area (Å²) in [6.45, 7) is -0.228. The first-order valence-electron chi connectivity index (χ1n) is 7.32. The Bertz CT molecular complexity index is 661. The highest BCUT2D eigenvalue weighted by Crippen LogP contribution is 2.22. The van der Waals surface area contributed by atoms with Gasteiger partial charge in [-0.2, -0.15) is 0 Å². The van der Waals surface area contributed by atoms with E-state index in [1.165, 1.54) is 9.49 Å². The lowest BCUT2D eigenvalue weighted by Gasteiger charge is -2.14. The third-order valence-corrected chi connectivity index (χ3v) is 4.45. The molecule has 0 aliphatic heterocycles. The summed E-state index contributed by atoms with van der Waals surface area (Å²) in [7, 11) is 1.94.